The van der Waals surface area contributed by atoms with Crippen LogP contribution in [0.1, 0.15) is 31.2 Å². The van der Waals surface area contributed by atoms with Crippen LogP contribution in [0.2, 0.25) is 0 Å². The highest BCUT2D eigenvalue weighted by atomic mass is 19.3. The minimum Gasteiger partial charge on any atom is -0.497 e. The Morgan fingerprint density at radius 3 is 2.58 bits per heavy atom. The molecular formula is C15H18F2O2. The summed E-state index contributed by atoms with van der Waals surface area (Å²) in [5, 5.41) is 0. The van der Waals surface area contributed by atoms with Crippen LogP contribution in [0.5, 0.6) is 5.75 Å². The van der Waals surface area contributed by atoms with Crippen molar-refractivity contribution in [3.63, 3.8) is 0 Å². The van der Waals surface area contributed by atoms with Crippen LogP contribution in [0.3, 0.4) is 0 Å². The largest absolute Gasteiger partial charge is 0.497 e. The van der Waals surface area contributed by atoms with Crippen LogP contribution in [-0.2, 0) is 11.2 Å². The number of aryl methyl sites for hydroxylation is 1. The highest BCUT2D eigenvalue weighted by Crippen LogP contribution is 2.39. The van der Waals surface area contributed by atoms with Crippen molar-refractivity contribution in [2.75, 3.05) is 7.11 Å². The summed E-state index contributed by atoms with van der Waals surface area (Å²) in [6, 6.07) is 7.47. The summed E-state index contributed by atoms with van der Waals surface area (Å²) < 4.78 is 31.1. The predicted octanol–water partition coefficient (Wildman–Crippen LogP) is 3.63. The van der Waals surface area contributed by atoms with Crippen LogP contribution in [0.4, 0.5) is 8.78 Å². The number of rotatable bonds is 5. The number of alkyl halides is 2. The molecule has 1 aliphatic rings. The van der Waals surface area contributed by atoms with Gasteiger partial charge < -0.3 is 4.74 Å². The van der Waals surface area contributed by atoms with Crippen molar-refractivity contribution in [2.24, 2.45) is 5.92 Å². The number of hydrogen-bond donors (Lipinski definition) is 0. The van der Waals surface area contributed by atoms with Gasteiger partial charge in [-0.15, -0.1) is 0 Å². The van der Waals surface area contributed by atoms with Crippen molar-refractivity contribution < 1.29 is 18.3 Å². The second-order valence-corrected chi connectivity index (χ2v) is 5.11. The van der Waals surface area contributed by atoms with Gasteiger partial charge in [0.2, 0.25) is 5.92 Å². The van der Waals surface area contributed by atoms with Crippen molar-refractivity contribution >= 4 is 5.78 Å². The lowest BCUT2D eigenvalue weighted by Crippen LogP contribution is -2.16. The maximum atomic E-state index is 13.0. The molecule has 1 atom stereocenters. The number of hydrogen-bond acceptors (Lipinski definition) is 2. The van der Waals surface area contributed by atoms with Crippen molar-refractivity contribution in [3.05, 3.63) is 29.8 Å². The molecule has 0 N–H and O–H groups in total. The molecule has 1 aromatic rings. The molecule has 1 saturated carbocycles. The zero-order valence-electron chi connectivity index (χ0n) is 11.0. The molecule has 0 amide bonds. The topological polar surface area (TPSA) is 26.3 Å². The van der Waals surface area contributed by atoms with Gasteiger partial charge in [-0.3, -0.25) is 4.79 Å². The Labute approximate surface area is 111 Å². The average molecular weight is 268 g/mol. The van der Waals surface area contributed by atoms with Gasteiger partial charge >= 0.3 is 0 Å². The Morgan fingerprint density at radius 2 is 2.05 bits per heavy atom. The Bertz CT molecular complexity index is 440. The van der Waals surface area contributed by atoms with Gasteiger partial charge in [0.25, 0.3) is 0 Å². The first-order valence-corrected chi connectivity index (χ1v) is 6.54. The summed E-state index contributed by atoms with van der Waals surface area (Å²) in [7, 11) is 1.60. The molecule has 0 bridgehead atoms. The van der Waals surface area contributed by atoms with Crippen LogP contribution in [0, 0.1) is 5.92 Å². The first-order chi connectivity index (χ1) is 9.00. The minimum atomic E-state index is -2.64. The molecule has 0 aromatic heterocycles. The summed E-state index contributed by atoms with van der Waals surface area (Å²) >= 11 is 0. The molecule has 0 saturated heterocycles. The van der Waals surface area contributed by atoms with E-state index in [4.69, 9.17) is 4.74 Å². The normalized spacial score (nSPS) is 21.3. The van der Waals surface area contributed by atoms with E-state index >= 15 is 0 Å². The molecular weight excluding hydrogens is 250 g/mol. The fourth-order valence-corrected chi connectivity index (χ4v) is 2.49. The second-order valence-electron chi connectivity index (χ2n) is 5.11. The molecule has 0 spiro atoms. The summed E-state index contributed by atoms with van der Waals surface area (Å²) in [6.45, 7) is 0. The van der Waals surface area contributed by atoms with Gasteiger partial charge in [-0.2, -0.15) is 0 Å². The van der Waals surface area contributed by atoms with E-state index in [1.165, 1.54) is 0 Å². The number of ether oxygens (including phenoxy) is 1. The van der Waals surface area contributed by atoms with E-state index in [1.54, 1.807) is 7.11 Å². The summed E-state index contributed by atoms with van der Waals surface area (Å²) in [6.07, 6.45) is 0.854. The lowest BCUT2D eigenvalue weighted by Gasteiger charge is -2.09. The molecule has 0 aliphatic heterocycles. The monoisotopic (exact) mass is 268 g/mol. The first-order valence-electron chi connectivity index (χ1n) is 6.54. The Morgan fingerprint density at radius 1 is 1.37 bits per heavy atom. The van der Waals surface area contributed by atoms with E-state index in [-0.39, 0.29) is 18.6 Å². The quantitative estimate of drug-likeness (QED) is 0.815. The molecule has 1 unspecified atom stereocenters. The number of Topliss-reactive ketones (excluding diaryl/α,β-unsaturated/α-hetero) is 1. The molecule has 104 valence electrons. The third-order valence-corrected chi connectivity index (χ3v) is 3.68. The van der Waals surface area contributed by atoms with Gasteiger partial charge in [0.15, 0.2) is 0 Å². The molecule has 1 aliphatic carbocycles. The fraction of sp³-hybridized carbons (Fsp3) is 0.533. The third kappa shape index (κ3) is 3.75. The number of carbonyl (C=O) groups is 1. The molecule has 19 heavy (non-hydrogen) atoms. The van der Waals surface area contributed by atoms with E-state index in [2.05, 4.69) is 0 Å². The maximum absolute atomic E-state index is 13.0. The number of benzene rings is 1. The van der Waals surface area contributed by atoms with E-state index in [0.717, 1.165) is 11.3 Å². The highest BCUT2D eigenvalue weighted by molar-refractivity contribution is 5.81. The number of halogens is 2. The summed E-state index contributed by atoms with van der Waals surface area (Å²) in [5.41, 5.74) is 1.03. The zero-order chi connectivity index (χ0) is 13.9. The van der Waals surface area contributed by atoms with Crippen LogP contribution >= 0.6 is 0 Å². The Kier molecular flexibility index (Phi) is 4.17. The third-order valence-electron chi connectivity index (χ3n) is 3.68. The SMILES string of the molecule is COc1ccc(CCC(=O)C2CCC(F)(F)C2)cc1. The van der Waals surface area contributed by atoms with E-state index in [1.807, 2.05) is 24.3 Å². The number of carbonyl (C=O) groups excluding carboxylic acids is 1. The standard InChI is InChI=1S/C15H18F2O2/c1-19-13-5-2-11(3-6-13)4-7-14(18)12-8-9-15(16,17)10-12/h2-3,5-6,12H,4,7-10H2,1H3. The predicted molar refractivity (Wildman–Crippen MR) is 68.6 cm³/mol. The zero-order valence-corrected chi connectivity index (χ0v) is 11.0. The maximum Gasteiger partial charge on any atom is 0.248 e. The summed E-state index contributed by atoms with van der Waals surface area (Å²) in [4.78, 5) is 11.9. The highest BCUT2D eigenvalue weighted by Gasteiger charge is 2.41. The molecule has 0 heterocycles. The second kappa shape index (κ2) is 5.68. The van der Waals surface area contributed by atoms with Crippen LogP contribution < -0.4 is 4.74 Å². The van der Waals surface area contributed by atoms with Crippen LogP contribution in [0.25, 0.3) is 0 Å². The van der Waals surface area contributed by atoms with E-state index < -0.39 is 11.8 Å². The van der Waals surface area contributed by atoms with Crippen LogP contribution in [-0.4, -0.2) is 18.8 Å². The minimum absolute atomic E-state index is 0.0343. The van der Waals surface area contributed by atoms with Gasteiger partial charge in [-0.05, 0) is 30.5 Å². The molecule has 0 radical (unpaired) electrons. The van der Waals surface area contributed by atoms with Gasteiger partial charge in [-0.1, -0.05) is 12.1 Å². The average Bonchev–Trinajstić information content (AvgIpc) is 2.77. The summed E-state index contributed by atoms with van der Waals surface area (Å²) in [5.74, 6) is -2.35. The molecule has 2 nitrogen and oxygen atoms in total. The lowest BCUT2D eigenvalue weighted by molar-refractivity contribution is -0.123. The Balaban J connectivity index is 1.83. The molecule has 1 aromatic carbocycles. The molecule has 4 heteroatoms. The van der Waals surface area contributed by atoms with Gasteiger partial charge in [0, 0.05) is 25.2 Å². The van der Waals surface area contributed by atoms with Crippen LogP contribution in [0.15, 0.2) is 24.3 Å². The number of methoxy groups -OCH3 is 1. The van der Waals surface area contributed by atoms with Gasteiger partial charge in [0.1, 0.15) is 11.5 Å². The van der Waals surface area contributed by atoms with E-state index in [9.17, 15) is 13.6 Å². The van der Waals surface area contributed by atoms with Crippen molar-refractivity contribution in [3.8, 4) is 5.75 Å². The smallest absolute Gasteiger partial charge is 0.248 e. The molecule has 1 fully saturated rings. The van der Waals surface area contributed by atoms with Crippen molar-refractivity contribution in [1.29, 1.82) is 0 Å². The van der Waals surface area contributed by atoms with Crippen molar-refractivity contribution in [2.45, 2.75) is 38.0 Å². The van der Waals surface area contributed by atoms with Crippen molar-refractivity contribution in [1.82, 2.24) is 0 Å². The van der Waals surface area contributed by atoms with E-state index in [0.29, 0.717) is 19.3 Å². The molecule has 2 rings (SSSR count). The number of ketones is 1. The first kappa shape index (κ1) is 14.0. The fourth-order valence-electron chi connectivity index (χ4n) is 2.49. The lowest BCUT2D eigenvalue weighted by atomic mass is 9.96. The van der Waals surface area contributed by atoms with Gasteiger partial charge in [-0.25, -0.2) is 8.78 Å². The Hall–Kier alpha value is -1.45. The van der Waals surface area contributed by atoms with Gasteiger partial charge in [0.05, 0.1) is 7.11 Å².